The molecule has 5 heteroatoms. The van der Waals surface area contributed by atoms with Crippen LogP contribution in [0.3, 0.4) is 0 Å². The maximum absolute atomic E-state index is 13.9. The number of benzene rings is 1. The van der Waals surface area contributed by atoms with E-state index in [4.69, 9.17) is 10.5 Å². The molecule has 0 bridgehead atoms. The van der Waals surface area contributed by atoms with E-state index < -0.39 is 0 Å². The molecule has 0 saturated carbocycles. The molecule has 1 atom stereocenters. The zero-order valence-electron chi connectivity index (χ0n) is 10.4. The van der Waals surface area contributed by atoms with Crippen molar-refractivity contribution >= 4 is 0 Å². The van der Waals surface area contributed by atoms with Gasteiger partial charge in [-0.05, 0) is 18.6 Å². The molecule has 0 saturated heterocycles. The molecule has 2 aromatic rings. The van der Waals surface area contributed by atoms with Crippen LogP contribution in [0.4, 0.5) is 4.39 Å². The number of rotatable bonds is 4. The van der Waals surface area contributed by atoms with Crippen molar-refractivity contribution in [3.05, 3.63) is 42.2 Å². The predicted octanol–water partition coefficient (Wildman–Crippen LogP) is 2.43. The second-order valence-electron chi connectivity index (χ2n) is 4.02. The van der Waals surface area contributed by atoms with E-state index in [9.17, 15) is 4.39 Å². The van der Waals surface area contributed by atoms with Gasteiger partial charge in [-0.25, -0.2) is 9.37 Å². The number of hydrogen-bond acceptors (Lipinski definition) is 3. The first-order valence-electron chi connectivity index (χ1n) is 5.79. The molecule has 0 aliphatic rings. The van der Waals surface area contributed by atoms with Gasteiger partial charge in [0, 0.05) is 12.1 Å². The van der Waals surface area contributed by atoms with E-state index in [0.717, 1.165) is 12.1 Å². The molecule has 2 rings (SSSR count). The third-order valence-corrected chi connectivity index (χ3v) is 2.90. The summed E-state index contributed by atoms with van der Waals surface area (Å²) in [5.74, 6) is 0.259. The van der Waals surface area contributed by atoms with Gasteiger partial charge in [-0.1, -0.05) is 6.92 Å². The molecular weight excluding hydrogens is 233 g/mol. The number of nitrogens with two attached hydrogens (primary N) is 1. The zero-order chi connectivity index (χ0) is 13.1. The van der Waals surface area contributed by atoms with E-state index in [-0.39, 0.29) is 11.9 Å². The minimum atomic E-state index is -0.335. The summed E-state index contributed by atoms with van der Waals surface area (Å²) < 4.78 is 20.6. The zero-order valence-corrected chi connectivity index (χ0v) is 10.4. The van der Waals surface area contributed by atoms with Gasteiger partial charge in [0.15, 0.2) is 0 Å². The van der Waals surface area contributed by atoms with E-state index in [2.05, 4.69) is 4.98 Å². The van der Waals surface area contributed by atoms with Gasteiger partial charge in [0.25, 0.3) is 0 Å². The van der Waals surface area contributed by atoms with Crippen LogP contribution in [-0.2, 0) is 0 Å². The average molecular weight is 249 g/mol. The van der Waals surface area contributed by atoms with Crippen LogP contribution < -0.4 is 10.5 Å². The summed E-state index contributed by atoms with van der Waals surface area (Å²) in [6, 6.07) is 4.41. The standard InChI is InChI=1S/C13H16FN3O/c1-3-11(15)13-7-16-8-17(13)12-6-9(18-2)4-5-10(12)14/h4-8,11H,3,15H2,1-2H3/t11-/m1/s1. The Morgan fingerprint density at radius 2 is 2.28 bits per heavy atom. The SMILES string of the molecule is CC[C@@H](N)c1cncn1-c1cc(OC)ccc1F. The van der Waals surface area contributed by atoms with Crippen LogP contribution in [0.1, 0.15) is 25.1 Å². The number of ether oxygens (including phenoxy) is 1. The Bertz CT molecular complexity index is 539. The van der Waals surface area contributed by atoms with Crippen molar-refractivity contribution in [1.82, 2.24) is 9.55 Å². The minimum Gasteiger partial charge on any atom is -0.497 e. The Kier molecular flexibility index (Phi) is 3.62. The fourth-order valence-corrected chi connectivity index (χ4v) is 1.79. The first-order valence-corrected chi connectivity index (χ1v) is 5.79. The van der Waals surface area contributed by atoms with Gasteiger partial charge < -0.3 is 10.5 Å². The molecule has 1 heterocycles. The highest BCUT2D eigenvalue weighted by atomic mass is 19.1. The third-order valence-electron chi connectivity index (χ3n) is 2.90. The molecular formula is C13H16FN3O. The first-order chi connectivity index (χ1) is 8.67. The van der Waals surface area contributed by atoms with E-state index >= 15 is 0 Å². The maximum Gasteiger partial charge on any atom is 0.147 e. The Balaban J connectivity index is 2.51. The van der Waals surface area contributed by atoms with Gasteiger partial charge >= 0.3 is 0 Å². The van der Waals surface area contributed by atoms with Gasteiger partial charge in [0.1, 0.15) is 11.6 Å². The van der Waals surface area contributed by atoms with Crippen molar-refractivity contribution < 1.29 is 9.13 Å². The number of nitrogens with zero attached hydrogens (tertiary/aromatic N) is 2. The number of imidazole rings is 1. The van der Waals surface area contributed by atoms with Gasteiger partial charge in [0.2, 0.25) is 0 Å². The summed E-state index contributed by atoms with van der Waals surface area (Å²) >= 11 is 0. The molecule has 2 N–H and O–H groups in total. The molecule has 96 valence electrons. The maximum atomic E-state index is 13.9. The summed E-state index contributed by atoms with van der Waals surface area (Å²) in [6.07, 6.45) is 3.98. The van der Waals surface area contributed by atoms with E-state index in [1.165, 1.54) is 6.07 Å². The van der Waals surface area contributed by atoms with Gasteiger partial charge in [-0.15, -0.1) is 0 Å². The lowest BCUT2D eigenvalue weighted by Gasteiger charge is -2.14. The molecule has 0 spiro atoms. The van der Waals surface area contributed by atoms with Crippen molar-refractivity contribution in [1.29, 1.82) is 0 Å². The molecule has 0 amide bonds. The lowest BCUT2D eigenvalue weighted by atomic mass is 10.1. The minimum absolute atomic E-state index is 0.168. The van der Waals surface area contributed by atoms with Crippen LogP contribution >= 0.6 is 0 Å². The lowest BCUT2D eigenvalue weighted by molar-refractivity contribution is 0.413. The van der Waals surface area contributed by atoms with Crippen LogP contribution in [0.15, 0.2) is 30.7 Å². The molecule has 18 heavy (non-hydrogen) atoms. The highest BCUT2D eigenvalue weighted by Gasteiger charge is 2.14. The molecule has 1 aromatic carbocycles. The van der Waals surface area contributed by atoms with E-state index in [1.54, 1.807) is 36.3 Å². The van der Waals surface area contributed by atoms with Crippen molar-refractivity contribution in [3.8, 4) is 11.4 Å². The summed E-state index contributed by atoms with van der Waals surface area (Å²) in [7, 11) is 1.55. The number of hydrogen-bond donors (Lipinski definition) is 1. The van der Waals surface area contributed by atoms with Crippen LogP contribution in [0.25, 0.3) is 5.69 Å². The molecule has 0 radical (unpaired) electrons. The molecule has 0 unspecified atom stereocenters. The lowest BCUT2D eigenvalue weighted by Crippen LogP contribution is -2.14. The number of methoxy groups -OCH3 is 1. The molecule has 0 aliphatic carbocycles. The normalized spacial score (nSPS) is 12.4. The number of aromatic nitrogens is 2. The summed E-state index contributed by atoms with van der Waals surface area (Å²) in [6.45, 7) is 1.98. The Labute approximate surface area is 105 Å². The fourth-order valence-electron chi connectivity index (χ4n) is 1.79. The van der Waals surface area contributed by atoms with Gasteiger partial charge in [0.05, 0.1) is 31.0 Å². The monoisotopic (exact) mass is 249 g/mol. The summed E-state index contributed by atoms with van der Waals surface area (Å²) in [5, 5.41) is 0. The van der Waals surface area contributed by atoms with Crippen LogP contribution in [0.2, 0.25) is 0 Å². The van der Waals surface area contributed by atoms with Gasteiger partial charge in [-0.2, -0.15) is 0 Å². The van der Waals surface area contributed by atoms with E-state index in [0.29, 0.717) is 11.4 Å². The topological polar surface area (TPSA) is 53.1 Å². The quantitative estimate of drug-likeness (QED) is 0.905. The smallest absolute Gasteiger partial charge is 0.147 e. The number of halogens is 1. The second-order valence-corrected chi connectivity index (χ2v) is 4.02. The van der Waals surface area contributed by atoms with E-state index in [1.807, 2.05) is 6.92 Å². The molecule has 0 fully saturated rings. The van der Waals surface area contributed by atoms with Crippen molar-refractivity contribution in [2.45, 2.75) is 19.4 Å². The molecule has 4 nitrogen and oxygen atoms in total. The van der Waals surface area contributed by atoms with Gasteiger partial charge in [-0.3, -0.25) is 4.57 Å². The summed E-state index contributed by atoms with van der Waals surface area (Å²) in [5.41, 5.74) is 7.16. The van der Waals surface area contributed by atoms with Crippen molar-refractivity contribution in [2.24, 2.45) is 5.73 Å². The second kappa shape index (κ2) is 5.18. The average Bonchev–Trinajstić information content (AvgIpc) is 2.87. The van der Waals surface area contributed by atoms with Crippen molar-refractivity contribution in [2.75, 3.05) is 7.11 Å². The van der Waals surface area contributed by atoms with Crippen LogP contribution in [0, 0.1) is 5.82 Å². The van der Waals surface area contributed by atoms with Crippen molar-refractivity contribution in [3.63, 3.8) is 0 Å². The first kappa shape index (κ1) is 12.6. The third kappa shape index (κ3) is 2.22. The van der Waals surface area contributed by atoms with Crippen LogP contribution in [0.5, 0.6) is 5.75 Å². The predicted molar refractivity (Wildman–Crippen MR) is 67.3 cm³/mol. The fraction of sp³-hybridized carbons (Fsp3) is 0.308. The highest BCUT2D eigenvalue weighted by molar-refractivity contribution is 5.42. The Morgan fingerprint density at radius 3 is 2.94 bits per heavy atom. The Hall–Kier alpha value is -1.88. The summed E-state index contributed by atoms with van der Waals surface area (Å²) in [4.78, 5) is 4.04. The molecule has 1 aromatic heterocycles. The van der Waals surface area contributed by atoms with Crippen LogP contribution in [-0.4, -0.2) is 16.7 Å². The molecule has 0 aliphatic heterocycles. The Morgan fingerprint density at radius 1 is 1.50 bits per heavy atom. The largest absolute Gasteiger partial charge is 0.497 e. The highest BCUT2D eigenvalue weighted by Crippen LogP contribution is 2.24.